The Morgan fingerprint density at radius 1 is 1.10 bits per heavy atom. The molecule has 6 heteroatoms. The average molecular weight is 408 g/mol. The van der Waals surface area contributed by atoms with Gasteiger partial charge in [-0.1, -0.05) is 12.1 Å². The second-order valence-electron chi connectivity index (χ2n) is 7.21. The van der Waals surface area contributed by atoms with Gasteiger partial charge < -0.3 is 15.0 Å². The van der Waals surface area contributed by atoms with E-state index < -0.39 is 0 Å². The quantitative estimate of drug-likeness (QED) is 0.624. The predicted molar refractivity (Wildman–Crippen MR) is 117 cm³/mol. The lowest BCUT2D eigenvalue weighted by Gasteiger charge is -2.17. The topological polar surface area (TPSA) is 54.5 Å². The van der Waals surface area contributed by atoms with E-state index in [9.17, 15) is 4.79 Å². The molecule has 1 aromatic heterocycles. The van der Waals surface area contributed by atoms with Crippen molar-refractivity contribution in [3.05, 3.63) is 75.7 Å². The summed E-state index contributed by atoms with van der Waals surface area (Å²) in [6.45, 7) is 5.20. The van der Waals surface area contributed by atoms with Gasteiger partial charge in [0.2, 0.25) is 0 Å². The summed E-state index contributed by atoms with van der Waals surface area (Å²) in [5.74, 6) is 0.639. The molecular weight excluding hydrogens is 382 g/mol. The molecule has 29 heavy (non-hydrogen) atoms. The maximum atomic E-state index is 12.4. The molecule has 2 aromatic carbocycles. The SMILES string of the molecule is Cc1nc(COc2ccc(C(=O)NCc3ccc(N4CCCC4)cc3)cc2)cs1. The Morgan fingerprint density at radius 2 is 1.83 bits per heavy atom. The molecule has 4 rings (SSSR count). The Balaban J connectivity index is 1.27. The number of hydrogen-bond acceptors (Lipinski definition) is 5. The zero-order valence-electron chi connectivity index (χ0n) is 16.6. The van der Waals surface area contributed by atoms with E-state index in [1.165, 1.54) is 18.5 Å². The Morgan fingerprint density at radius 3 is 2.48 bits per heavy atom. The molecule has 0 saturated carbocycles. The van der Waals surface area contributed by atoms with E-state index in [-0.39, 0.29) is 5.91 Å². The van der Waals surface area contributed by atoms with Crippen molar-refractivity contribution in [3.63, 3.8) is 0 Å². The van der Waals surface area contributed by atoms with Gasteiger partial charge in [-0.25, -0.2) is 4.98 Å². The largest absolute Gasteiger partial charge is 0.487 e. The number of nitrogens with one attached hydrogen (secondary N) is 1. The number of carbonyl (C=O) groups excluding carboxylic acids is 1. The lowest BCUT2D eigenvalue weighted by molar-refractivity contribution is 0.0951. The van der Waals surface area contributed by atoms with Crippen LogP contribution in [0.2, 0.25) is 0 Å². The van der Waals surface area contributed by atoms with Crippen LogP contribution in [0.4, 0.5) is 5.69 Å². The first kappa shape index (κ1) is 19.5. The van der Waals surface area contributed by atoms with Gasteiger partial charge in [-0.2, -0.15) is 0 Å². The Labute approximate surface area is 175 Å². The van der Waals surface area contributed by atoms with Gasteiger partial charge in [-0.3, -0.25) is 4.79 Å². The van der Waals surface area contributed by atoms with Gasteiger partial charge in [0.15, 0.2) is 0 Å². The minimum Gasteiger partial charge on any atom is -0.487 e. The number of aryl methyl sites for hydroxylation is 1. The maximum absolute atomic E-state index is 12.4. The average Bonchev–Trinajstić information content (AvgIpc) is 3.43. The van der Waals surface area contributed by atoms with Crippen molar-refractivity contribution in [3.8, 4) is 5.75 Å². The van der Waals surface area contributed by atoms with E-state index in [4.69, 9.17) is 4.74 Å². The fourth-order valence-electron chi connectivity index (χ4n) is 3.42. The van der Waals surface area contributed by atoms with Crippen molar-refractivity contribution < 1.29 is 9.53 Å². The van der Waals surface area contributed by atoms with Crippen molar-refractivity contribution in [2.24, 2.45) is 0 Å². The molecule has 1 aliphatic rings. The van der Waals surface area contributed by atoms with Gasteiger partial charge in [0.05, 0.1) is 10.7 Å². The van der Waals surface area contributed by atoms with Crippen LogP contribution in [-0.4, -0.2) is 24.0 Å². The number of benzene rings is 2. The van der Waals surface area contributed by atoms with Crippen LogP contribution in [0.3, 0.4) is 0 Å². The molecule has 1 N–H and O–H groups in total. The molecule has 0 unspecified atom stereocenters. The Hall–Kier alpha value is -2.86. The highest BCUT2D eigenvalue weighted by Gasteiger charge is 2.12. The summed E-state index contributed by atoms with van der Waals surface area (Å²) in [6.07, 6.45) is 2.54. The number of amides is 1. The number of thiazole rings is 1. The third-order valence-corrected chi connectivity index (χ3v) is 5.85. The number of hydrogen-bond donors (Lipinski definition) is 1. The first-order valence-corrected chi connectivity index (χ1v) is 10.8. The molecule has 0 atom stereocenters. The molecule has 1 saturated heterocycles. The highest BCUT2D eigenvalue weighted by atomic mass is 32.1. The fourth-order valence-corrected chi connectivity index (χ4v) is 4.02. The minimum absolute atomic E-state index is 0.0877. The van der Waals surface area contributed by atoms with Crippen molar-refractivity contribution in [2.45, 2.75) is 32.9 Å². The highest BCUT2D eigenvalue weighted by Crippen LogP contribution is 2.20. The number of rotatable bonds is 7. The molecule has 0 bridgehead atoms. The smallest absolute Gasteiger partial charge is 0.251 e. The third-order valence-electron chi connectivity index (χ3n) is 5.03. The second kappa shape index (κ2) is 9.09. The van der Waals surface area contributed by atoms with Crippen LogP contribution in [0.25, 0.3) is 0 Å². The molecule has 2 heterocycles. The summed E-state index contributed by atoms with van der Waals surface area (Å²) in [5.41, 5.74) is 3.90. The van der Waals surface area contributed by atoms with E-state index in [1.54, 1.807) is 23.5 Å². The van der Waals surface area contributed by atoms with Crippen molar-refractivity contribution >= 4 is 22.9 Å². The first-order valence-electron chi connectivity index (χ1n) is 9.93. The normalized spacial score (nSPS) is 13.5. The second-order valence-corrected chi connectivity index (χ2v) is 8.28. The first-order chi connectivity index (χ1) is 14.2. The fraction of sp³-hybridized carbons (Fsp3) is 0.304. The highest BCUT2D eigenvalue weighted by molar-refractivity contribution is 7.09. The van der Waals surface area contributed by atoms with Crippen LogP contribution in [0.15, 0.2) is 53.9 Å². The molecule has 0 spiro atoms. The van der Waals surface area contributed by atoms with E-state index in [0.717, 1.165) is 35.1 Å². The lowest BCUT2D eigenvalue weighted by atomic mass is 10.1. The maximum Gasteiger partial charge on any atom is 0.251 e. The van der Waals surface area contributed by atoms with Crippen LogP contribution < -0.4 is 15.0 Å². The zero-order valence-corrected chi connectivity index (χ0v) is 17.4. The van der Waals surface area contributed by atoms with Crippen LogP contribution in [0.1, 0.15) is 39.5 Å². The van der Waals surface area contributed by atoms with Gasteiger partial charge in [-0.05, 0) is 61.7 Å². The minimum atomic E-state index is -0.0877. The van der Waals surface area contributed by atoms with Crippen molar-refractivity contribution in [2.75, 3.05) is 18.0 Å². The van der Waals surface area contributed by atoms with E-state index >= 15 is 0 Å². The van der Waals surface area contributed by atoms with E-state index in [2.05, 4.69) is 39.5 Å². The molecule has 0 aliphatic carbocycles. The Bertz CT molecular complexity index is 945. The molecule has 0 radical (unpaired) electrons. The number of aromatic nitrogens is 1. The summed E-state index contributed by atoms with van der Waals surface area (Å²) in [6, 6.07) is 15.7. The molecular formula is C23H25N3O2S. The molecule has 150 valence electrons. The molecule has 1 fully saturated rings. The molecule has 5 nitrogen and oxygen atoms in total. The van der Waals surface area contributed by atoms with Gasteiger partial charge in [-0.15, -0.1) is 11.3 Å². The summed E-state index contributed by atoms with van der Waals surface area (Å²) in [7, 11) is 0. The summed E-state index contributed by atoms with van der Waals surface area (Å²) in [5, 5.41) is 6.01. The van der Waals surface area contributed by atoms with Crippen molar-refractivity contribution in [1.82, 2.24) is 10.3 Å². The number of ether oxygens (including phenoxy) is 1. The summed E-state index contributed by atoms with van der Waals surface area (Å²) in [4.78, 5) is 19.2. The zero-order chi connectivity index (χ0) is 20.1. The summed E-state index contributed by atoms with van der Waals surface area (Å²) < 4.78 is 5.73. The number of carbonyl (C=O) groups is 1. The van der Waals surface area contributed by atoms with E-state index in [1.807, 2.05) is 24.4 Å². The van der Waals surface area contributed by atoms with Gasteiger partial charge in [0, 0.05) is 36.3 Å². The van der Waals surface area contributed by atoms with Gasteiger partial charge in [0.1, 0.15) is 12.4 Å². The van der Waals surface area contributed by atoms with Crippen molar-refractivity contribution in [1.29, 1.82) is 0 Å². The third kappa shape index (κ3) is 5.15. The van der Waals surface area contributed by atoms with Crippen LogP contribution in [0.5, 0.6) is 5.75 Å². The van der Waals surface area contributed by atoms with Crippen LogP contribution >= 0.6 is 11.3 Å². The molecule has 1 aliphatic heterocycles. The molecule has 3 aromatic rings. The Kier molecular flexibility index (Phi) is 6.10. The predicted octanol–water partition coefficient (Wildman–Crippen LogP) is 4.56. The van der Waals surface area contributed by atoms with Crippen LogP contribution in [-0.2, 0) is 13.2 Å². The van der Waals surface area contributed by atoms with Gasteiger partial charge in [0.25, 0.3) is 5.91 Å². The van der Waals surface area contributed by atoms with Gasteiger partial charge >= 0.3 is 0 Å². The standard InChI is InChI=1S/C23H25N3O2S/c1-17-25-20(16-29-17)15-28-22-10-6-19(7-11-22)23(27)24-14-18-4-8-21(9-5-18)26-12-2-3-13-26/h4-11,16H,2-3,12-15H2,1H3,(H,24,27). The molecule has 1 amide bonds. The number of anilines is 1. The summed E-state index contributed by atoms with van der Waals surface area (Å²) >= 11 is 1.61. The van der Waals surface area contributed by atoms with E-state index in [0.29, 0.717) is 18.7 Å². The number of nitrogens with zero attached hydrogens (tertiary/aromatic N) is 2. The van der Waals surface area contributed by atoms with Crippen LogP contribution in [0, 0.1) is 6.92 Å². The lowest BCUT2D eigenvalue weighted by Crippen LogP contribution is -2.23. The monoisotopic (exact) mass is 407 g/mol.